The van der Waals surface area contributed by atoms with E-state index in [1.54, 1.807) is 6.08 Å². The van der Waals surface area contributed by atoms with Gasteiger partial charge in [0.05, 0.1) is 4.99 Å². The quantitative estimate of drug-likeness (QED) is 0.411. The number of carbonyl (C=O) groups is 1. The number of rotatable bonds is 7. The molecule has 84 valence electrons. The standard InChI is InChI=1S/C11H17NO2S/c1-4-7-12(10(15)5-2)8-6-9(3)11(13)14/h4H,1,3,5-8H2,2H3,(H,13,14). The number of thiocarbonyl (C=S) groups is 1. The fourth-order valence-corrected chi connectivity index (χ4v) is 1.24. The lowest BCUT2D eigenvalue weighted by molar-refractivity contribution is -0.132. The van der Waals surface area contributed by atoms with E-state index in [4.69, 9.17) is 17.3 Å². The summed E-state index contributed by atoms with van der Waals surface area (Å²) in [6.07, 6.45) is 2.96. The molecule has 0 aliphatic rings. The van der Waals surface area contributed by atoms with Crippen molar-refractivity contribution in [3.8, 4) is 0 Å². The van der Waals surface area contributed by atoms with Crippen LogP contribution in [0.5, 0.6) is 0 Å². The van der Waals surface area contributed by atoms with Crippen molar-refractivity contribution < 1.29 is 9.90 Å². The first-order valence-corrected chi connectivity index (χ1v) is 5.23. The van der Waals surface area contributed by atoms with Crippen molar-refractivity contribution in [3.05, 3.63) is 24.8 Å². The predicted molar refractivity (Wildman–Crippen MR) is 66.1 cm³/mol. The molecule has 0 aromatic heterocycles. The molecule has 0 saturated heterocycles. The maximum Gasteiger partial charge on any atom is 0.331 e. The van der Waals surface area contributed by atoms with Crippen LogP contribution in [0.2, 0.25) is 0 Å². The Balaban J connectivity index is 4.18. The van der Waals surface area contributed by atoms with Crippen LogP contribution in [0.25, 0.3) is 0 Å². The van der Waals surface area contributed by atoms with Gasteiger partial charge in [0, 0.05) is 18.7 Å². The van der Waals surface area contributed by atoms with Crippen molar-refractivity contribution in [2.45, 2.75) is 19.8 Å². The first-order chi connectivity index (χ1) is 7.02. The molecule has 0 heterocycles. The fourth-order valence-electron chi connectivity index (χ4n) is 1.07. The minimum Gasteiger partial charge on any atom is -0.478 e. The molecule has 0 radical (unpaired) electrons. The van der Waals surface area contributed by atoms with Gasteiger partial charge in [0.25, 0.3) is 0 Å². The van der Waals surface area contributed by atoms with E-state index < -0.39 is 5.97 Å². The van der Waals surface area contributed by atoms with Gasteiger partial charge in [-0.25, -0.2) is 4.79 Å². The molecule has 15 heavy (non-hydrogen) atoms. The molecule has 4 heteroatoms. The highest BCUT2D eigenvalue weighted by molar-refractivity contribution is 7.80. The molecule has 0 fully saturated rings. The molecule has 0 amide bonds. The Hall–Kier alpha value is -1.16. The Morgan fingerprint density at radius 3 is 2.60 bits per heavy atom. The Bertz CT molecular complexity index is 274. The molecule has 0 rings (SSSR count). The molecule has 0 aliphatic carbocycles. The van der Waals surface area contributed by atoms with Crippen molar-refractivity contribution in [1.29, 1.82) is 0 Å². The molecule has 1 N–H and O–H groups in total. The van der Waals surface area contributed by atoms with Crippen LogP contribution in [0, 0.1) is 0 Å². The molecule has 0 bridgehead atoms. The summed E-state index contributed by atoms with van der Waals surface area (Å²) in [5.41, 5.74) is 0.211. The van der Waals surface area contributed by atoms with Crippen LogP contribution in [0.1, 0.15) is 19.8 Å². The third-order valence-electron chi connectivity index (χ3n) is 1.99. The zero-order valence-electron chi connectivity index (χ0n) is 9.03. The number of hydrogen-bond donors (Lipinski definition) is 1. The smallest absolute Gasteiger partial charge is 0.331 e. The number of aliphatic carboxylic acids is 1. The van der Waals surface area contributed by atoms with Gasteiger partial charge in [-0.2, -0.15) is 0 Å². The highest BCUT2D eigenvalue weighted by Crippen LogP contribution is 2.04. The van der Waals surface area contributed by atoms with Crippen LogP contribution in [0.4, 0.5) is 0 Å². The Kier molecular flexibility index (Phi) is 6.62. The van der Waals surface area contributed by atoms with Crippen LogP contribution in [-0.2, 0) is 4.79 Å². The van der Waals surface area contributed by atoms with Gasteiger partial charge in [-0.1, -0.05) is 31.8 Å². The third kappa shape index (κ3) is 5.32. The van der Waals surface area contributed by atoms with Gasteiger partial charge in [0.1, 0.15) is 0 Å². The van der Waals surface area contributed by atoms with Crippen molar-refractivity contribution in [3.63, 3.8) is 0 Å². The van der Waals surface area contributed by atoms with E-state index >= 15 is 0 Å². The van der Waals surface area contributed by atoms with E-state index in [0.29, 0.717) is 19.5 Å². The van der Waals surface area contributed by atoms with Gasteiger partial charge in [-0.3, -0.25) is 0 Å². The topological polar surface area (TPSA) is 40.5 Å². The van der Waals surface area contributed by atoms with Gasteiger partial charge in [-0.15, -0.1) is 6.58 Å². The Labute approximate surface area is 96.1 Å². The summed E-state index contributed by atoms with van der Waals surface area (Å²) in [7, 11) is 0. The molecule has 0 spiro atoms. The van der Waals surface area contributed by atoms with Crippen molar-refractivity contribution in [2.75, 3.05) is 13.1 Å². The maximum absolute atomic E-state index is 10.5. The van der Waals surface area contributed by atoms with E-state index in [2.05, 4.69) is 13.2 Å². The lowest BCUT2D eigenvalue weighted by atomic mass is 10.2. The average molecular weight is 227 g/mol. The summed E-state index contributed by atoms with van der Waals surface area (Å²) in [4.78, 5) is 13.3. The second-order valence-corrected chi connectivity index (χ2v) is 3.61. The first-order valence-electron chi connectivity index (χ1n) is 4.82. The van der Waals surface area contributed by atoms with E-state index in [1.807, 2.05) is 11.8 Å². The Morgan fingerprint density at radius 1 is 1.60 bits per heavy atom. The molecular weight excluding hydrogens is 210 g/mol. The van der Waals surface area contributed by atoms with Crippen LogP contribution >= 0.6 is 12.2 Å². The fraction of sp³-hybridized carbons (Fsp3) is 0.455. The van der Waals surface area contributed by atoms with Gasteiger partial charge < -0.3 is 10.0 Å². The van der Waals surface area contributed by atoms with Gasteiger partial charge in [0.2, 0.25) is 0 Å². The molecule has 0 aromatic carbocycles. The molecule has 3 nitrogen and oxygen atoms in total. The summed E-state index contributed by atoms with van der Waals surface area (Å²) < 4.78 is 0. The lowest BCUT2D eigenvalue weighted by Crippen LogP contribution is -2.30. The van der Waals surface area contributed by atoms with Crippen LogP contribution in [-0.4, -0.2) is 34.1 Å². The molecule has 0 unspecified atom stereocenters. The van der Waals surface area contributed by atoms with Crippen LogP contribution < -0.4 is 0 Å². The highest BCUT2D eigenvalue weighted by atomic mass is 32.1. The molecule has 0 aliphatic heterocycles. The van der Waals surface area contributed by atoms with Gasteiger partial charge in [0.15, 0.2) is 0 Å². The van der Waals surface area contributed by atoms with E-state index in [1.165, 1.54) is 0 Å². The van der Waals surface area contributed by atoms with Crippen LogP contribution in [0.3, 0.4) is 0 Å². The minimum absolute atomic E-state index is 0.211. The molecule has 0 saturated carbocycles. The van der Waals surface area contributed by atoms with E-state index in [0.717, 1.165) is 11.4 Å². The SMILES string of the molecule is C=CCN(CCC(=C)C(=O)O)C(=S)CC. The van der Waals surface area contributed by atoms with Crippen LogP contribution in [0.15, 0.2) is 24.8 Å². The van der Waals surface area contributed by atoms with Crippen molar-refractivity contribution in [1.82, 2.24) is 4.90 Å². The zero-order valence-corrected chi connectivity index (χ0v) is 9.85. The molecule has 0 aromatic rings. The second kappa shape index (κ2) is 7.17. The van der Waals surface area contributed by atoms with Crippen molar-refractivity contribution >= 4 is 23.2 Å². The largest absolute Gasteiger partial charge is 0.478 e. The number of carboxylic acids is 1. The predicted octanol–water partition coefficient (Wildman–Crippen LogP) is 2.24. The summed E-state index contributed by atoms with van der Waals surface area (Å²) in [6.45, 7) is 10.3. The maximum atomic E-state index is 10.5. The van der Waals surface area contributed by atoms with E-state index in [-0.39, 0.29) is 5.57 Å². The van der Waals surface area contributed by atoms with Gasteiger partial charge in [-0.05, 0) is 12.8 Å². The molecule has 0 atom stereocenters. The second-order valence-electron chi connectivity index (χ2n) is 3.14. The highest BCUT2D eigenvalue weighted by Gasteiger charge is 2.09. The lowest BCUT2D eigenvalue weighted by Gasteiger charge is -2.23. The average Bonchev–Trinajstić information content (AvgIpc) is 2.22. The normalized spacial score (nSPS) is 9.40. The number of carboxylic acid groups (broad SMARTS) is 1. The summed E-state index contributed by atoms with van der Waals surface area (Å²) in [6, 6.07) is 0. The number of nitrogens with zero attached hydrogens (tertiary/aromatic N) is 1. The first kappa shape index (κ1) is 13.8. The minimum atomic E-state index is -0.948. The van der Waals surface area contributed by atoms with Gasteiger partial charge >= 0.3 is 5.97 Å². The van der Waals surface area contributed by atoms with E-state index in [9.17, 15) is 4.79 Å². The third-order valence-corrected chi connectivity index (χ3v) is 2.54. The molecular formula is C11H17NO2S. The summed E-state index contributed by atoms with van der Waals surface area (Å²) >= 11 is 5.16. The summed E-state index contributed by atoms with van der Waals surface area (Å²) in [5.74, 6) is -0.948. The number of hydrogen-bond acceptors (Lipinski definition) is 2. The zero-order chi connectivity index (χ0) is 11.8. The van der Waals surface area contributed by atoms with Crippen molar-refractivity contribution in [2.24, 2.45) is 0 Å². The monoisotopic (exact) mass is 227 g/mol. The summed E-state index contributed by atoms with van der Waals surface area (Å²) in [5, 5.41) is 8.65. The Morgan fingerprint density at radius 2 is 2.20 bits per heavy atom.